The highest BCUT2D eigenvalue weighted by atomic mass is 32.2. The fourth-order valence-electron chi connectivity index (χ4n) is 2.96. The summed E-state index contributed by atoms with van der Waals surface area (Å²) in [6.45, 7) is 10.1. The van der Waals surface area contributed by atoms with Gasteiger partial charge in [0.05, 0.1) is 12.5 Å². The molecular formula is C20H30N2O3S. The van der Waals surface area contributed by atoms with Crippen molar-refractivity contribution in [3.05, 3.63) is 29.8 Å². The third-order valence-corrected chi connectivity index (χ3v) is 5.45. The Morgan fingerprint density at radius 3 is 2.38 bits per heavy atom. The van der Waals surface area contributed by atoms with Crippen LogP contribution in [0.5, 0.6) is 5.75 Å². The number of rotatable bonds is 5. The molecule has 1 saturated heterocycles. The standard InChI is InChI=1S/C20H30N2O3S/c1-13(2)11-17-22(16(12-26-17)18(23)21-20(3,4)5)19(24)14-7-9-15(25-6)10-8-14/h7-10,13,16-17H,11-12H2,1-6H3,(H,21,23). The molecule has 2 unspecified atom stereocenters. The summed E-state index contributed by atoms with van der Waals surface area (Å²) in [7, 11) is 1.60. The van der Waals surface area contributed by atoms with Gasteiger partial charge in [-0.3, -0.25) is 9.59 Å². The maximum Gasteiger partial charge on any atom is 0.255 e. The van der Waals surface area contributed by atoms with Crippen molar-refractivity contribution in [2.75, 3.05) is 12.9 Å². The number of hydrogen-bond donors (Lipinski definition) is 1. The van der Waals surface area contributed by atoms with E-state index in [-0.39, 0.29) is 22.7 Å². The molecule has 1 aromatic rings. The maximum atomic E-state index is 13.2. The number of nitrogens with one attached hydrogen (secondary N) is 1. The first kappa shape index (κ1) is 20.6. The van der Waals surface area contributed by atoms with Crippen LogP contribution in [0.2, 0.25) is 0 Å². The van der Waals surface area contributed by atoms with Crippen LogP contribution in [-0.2, 0) is 4.79 Å². The van der Waals surface area contributed by atoms with Gasteiger partial charge in [0.25, 0.3) is 5.91 Å². The molecule has 1 aliphatic rings. The molecule has 0 saturated carbocycles. The van der Waals surface area contributed by atoms with E-state index in [9.17, 15) is 9.59 Å². The minimum Gasteiger partial charge on any atom is -0.497 e. The van der Waals surface area contributed by atoms with E-state index >= 15 is 0 Å². The molecule has 2 amide bonds. The SMILES string of the molecule is COc1ccc(C(=O)N2C(CC(C)C)SCC2C(=O)NC(C)(C)C)cc1. The van der Waals surface area contributed by atoms with Gasteiger partial charge in [0.2, 0.25) is 5.91 Å². The number of carbonyl (C=O) groups is 2. The van der Waals surface area contributed by atoms with Gasteiger partial charge in [-0.05, 0) is 57.4 Å². The first-order chi connectivity index (χ1) is 12.1. The molecule has 0 spiro atoms. The van der Waals surface area contributed by atoms with E-state index in [1.165, 1.54) is 0 Å². The number of thioether (sulfide) groups is 1. The summed E-state index contributed by atoms with van der Waals surface area (Å²) >= 11 is 1.69. The Labute approximate surface area is 160 Å². The van der Waals surface area contributed by atoms with Crippen molar-refractivity contribution in [3.8, 4) is 5.75 Å². The summed E-state index contributed by atoms with van der Waals surface area (Å²) in [4.78, 5) is 27.8. The number of carbonyl (C=O) groups excluding carboxylic acids is 2. The third kappa shape index (κ3) is 5.16. The Balaban J connectivity index is 2.28. The zero-order chi connectivity index (χ0) is 19.5. The van der Waals surface area contributed by atoms with Gasteiger partial charge in [-0.15, -0.1) is 11.8 Å². The number of methoxy groups -OCH3 is 1. The van der Waals surface area contributed by atoms with E-state index in [0.29, 0.717) is 23.0 Å². The van der Waals surface area contributed by atoms with Crippen LogP contribution in [0, 0.1) is 5.92 Å². The van der Waals surface area contributed by atoms with Crippen LogP contribution in [0.1, 0.15) is 51.4 Å². The average molecular weight is 379 g/mol. The zero-order valence-electron chi connectivity index (χ0n) is 16.5. The fraction of sp³-hybridized carbons (Fsp3) is 0.600. The lowest BCUT2D eigenvalue weighted by atomic mass is 10.1. The number of amides is 2. The Morgan fingerprint density at radius 2 is 1.88 bits per heavy atom. The second-order valence-electron chi connectivity index (χ2n) is 8.11. The van der Waals surface area contributed by atoms with Crippen LogP contribution in [0.25, 0.3) is 0 Å². The summed E-state index contributed by atoms with van der Waals surface area (Å²) in [5.74, 6) is 1.60. The van der Waals surface area contributed by atoms with E-state index in [4.69, 9.17) is 4.74 Å². The Kier molecular flexibility index (Phi) is 6.61. The molecule has 1 fully saturated rings. The Morgan fingerprint density at radius 1 is 1.27 bits per heavy atom. The van der Waals surface area contributed by atoms with Crippen molar-refractivity contribution >= 4 is 23.6 Å². The number of hydrogen-bond acceptors (Lipinski definition) is 4. The summed E-state index contributed by atoms with van der Waals surface area (Å²) in [5, 5.41) is 3.04. The molecule has 6 heteroatoms. The molecule has 1 heterocycles. The highest BCUT2D eigenvalue weighted by Gasteiger charge is 2.42. The van der Waals surface area contributed by atoms with Gasteiger partial charge in [0, 0.05) is 16.9 Å². The first-order valence-electron chi connectivity index (χ1n) is 9.02. The normalized spacial score (nSPS) is 20.3. The predicted octanol–water partition coefficient (Wildman–Crippen LogP) is 3.54. The number of benzene rings is 1. The van der Waals surface area contributed by atoms with E-state index < -0.39 is 6.04 Å². The Hall–Kier alpha value is -1.69. The van der Waals surface area contributed by atoms with E-state index in [0.717, 1.165) is 6.42 Å². The molecule has 26 heavy (non-hydrogen) atoms. The molecule has 0 bridgehead atoms. The van der Waals surface area contributed by atoms with Crippen molar-refractivity contribution in [1.29, 1.82) is 0 Å². The highest BCUT2D eigenvalue weighted by molar-refractivity contribution is 8.00. The van der Waals surface area contributed by atoms with Gasteiger partial charge >= 0.3 is 0 Å². The summed E-state index contributed by atoms with van der Waals surface area (Å²) in [5.41, 5.74) is 0.253. The fourth-order valence-corrected chi connectivity index (χ4v) is 4.60. The molecule has 5 nitrogen and oxygen atoms in total. The molecule has 2 atom stereocenters. The lowest BCUT2D eigenvalue weighted by Crippen LogP contribution is -2.54. The molecule has 1 aliphatic heterocycles. The smallest absolute Gasteiger partial charge is 0.255 e. The van der Waals surface area contributed by atoms with Crippen molar-refractivity contribution in [1.82, 2.24) is 10.2 Å². The topological polar surface area (TPSA) is 58.6 Å². The van der Waals surface area contributed by atoms with Crippen LogP contribution in [0.3, 0.4) is 0 Å². The lowest BCUT2D eigenvalue weighted by molar-refractivity contribution is -0.126. The van der Waals surface area contributed by atoms with Gasteiger partial charge < -0.3 is 15.0 Å². The number of nitrogens with zero attached hydrogens (tertiary/aromatic N) is 1. The molecular weight excluding hydrogens is 348 g/mol. The average Bonchev–Trinajstić information content (AvgIpc) is 2.95. The van der Waals surface area contributed by atoms with Crippen LogP contribution >= 0.6 is 11.8 Å². The quantitative estimate of drug-likeness (QED) is 0.851. The van der Waals surface area contributed by atoms with Crippen molar-refractivity contribution in [2.45, 2.75) is 58.0 Å². The molecule has 0 aliphatic carbocycles. The van der Waals surface area contributed by atoms with Gasteiger partial charge in [-0.2, -0.15) is 0 Å². The second kappa shape index (κ2) is 8.33. The van der Waals surface area contributed by atoms with Crippen LogP contribution in [0.15, 0.2) is 24.3 Å². The summed E-state index contributed by atoms with van der Waals surface area (Å²) in [6.07, 6.45) is 0.867. The molecule has 0 aromatic heterocycles. The van der Waals surface area contributed by atoms with Crippen molar-refractivity contribution in [3.63, 3.8) is 0 Å². The monoisotopic (exact) mass is 378 g/mol. The highest BCUT2D eigenvalue weighted by Crippen LogP contribution is 2.35. The number of ether oxygens (including phenoxy) is 1. The largest absolute Gasteiger partial charge is 0.497 e. The van der Waals surface area contributed by atoms with E-state index in [2.05, 4.69) is 19.2 Å². The second-order valence-corrected chi connectivity index (χ2v) is 9.32. The Bertz CT molecular complexity index is 637. The van der Waals surface area contributed by atoms with Crippen LogP contribution in [-0.4, -0.2) is 46.5 Å². The third-order valence-electron chi connectivity index (χ3n) is 4.14. The minimum absolute atomic E-state index is 0.0142. The van der Waals surface area contributed by atoms with E-state index in [1.807, 2.05) is 20.8 Å². The van der Waals surface area contributed by atoms with Gasteiger partial charge in [-0.25, -0.2) is 0 Å². The predicted molar refractivity (Wildman–Crippen MR) is 107 cm³/mol. The van der Waals surface area contributed by atoms with Crippen LogP contribution < -0.4 is 10.1 Å². The molecule has 1 aromatic carbocycles. The molecule has 2 rings (SSSR count). The first-order valence-corrected chi connectivity index (χ1v) is 10.1. The minimum atomic E-state index is -0.447. The zero-order valence-corrected chi connectivity index (χ0v) is 17.4. The molecule has 1 N–H and O–H groups in total. The van der Waals surface area contributed by atoms with Gasteiger partial charge in [0.1, 0.15) is 11.8 Å². The molecule has 0 radical (unpaired) electrons. The maximum absolute atomic E-state index is 13.2. The molecule has 144 valence electrons. The van der Waals surface area contributed by atoms with Crippen LogP contribution in [0.4, 0.5) is 0 Å². The van der Waals surface area contributed by atoms with E-state index in [1.54, 1.807) is 48.0 Å². The lowest BCUT2D eigenvalue weighted by Gasteiger charge is -2.32. The van der Waals surface area contributed by atoms with Gasteiger partial charge in [-0.1, -0.05) is 13.8 Å². The van der Waals surface area contributed by atoms with Gasteiger partial charge in [0.15, 0.2) is 0 Å². The summed E-state index contributed by atoms with van der Waals surface area (Å²) < 4.78 is 5.17. The van der Waals surface area contributed by atoms with Crippen molar-refractivity contribution in [2.24, 2.45) is 5.92 Å². The van der Waals surface area contributed by atoms with Crippen molar-refractivity contribution < 1.29 is 14.3 Å². The summed E-state index contributed by atoms with van der Waals surface area (Å²) in [6, 6.07) is 6.62.